The summed E-state index contributed by atoms with van der Waals surface area (Å²) in [5.74, 6) is -0.811. The molecule has 0 bridgehead atoms. The molecule has 0 aliphatic carbocycles. The molecule has 0 saturated heterocycles. The lowest BCUT2D eigenvalue weighted by Crippen LogP contribution is -2.42. The molecular formula is C18H16FNO3S. The SMILES string of the molecule is O=C(Cc1ccccc1)N(c1ccc(F)cc1)[C@@H]1C=CS(=O)(=O)C1. The van der Waals surface area contributed by atoms with Gasteiger partial charge in [0.05, 0.1) is 18.2 Å². The lowest BCUT2D eigenvalue weighted by atomic mass is 10.1. The minimum Gasteiger partial charge on any atom is -0.304 e. The average Bonchev–Trinajstić information content (AvgIpc) is 2.90. The summed E-state index contributed by atoms with van der Waals surface area (Å²) in [6, 6.07) is 14.1. The van der Waals surface area contributed by atoms with Crippen LogP contribution in [0.4, 0.5) is 10.1 Å². The largest absolute Gasteiger partial charge is 0.304 e. The van der Waals surface area contributed by atoms with Crippen molar-refractivity contribution in [2.75, 3.05) is 10.7 Å². The zero-order chi connectivity index (χ0) is 17.2. The highest BCUT2D eigenvalue weighted by Crippen LogP contribution is 2.24. The molecule has 1 heterocycles. The fourth-order valence-corrected chi connectivity index (χ4v) is 3.97. The molecule has 0 radical (unpaired) electrons. The van der Waals surface area contributed by atoms with E-state index in [1.807, 2.05) is 30.3 Å². The Kier molecular flexibility index (Phi) is 4.49. The van der Waals surface area contributed by atoms with Crippen molar-refractivity contribution in [1.82, 2.24) is 0 Å². The summed E-state index contributed by atoms with van der Waals surface area (Å²) in [6.45, 7) is 0. The molecule has 0 spiro atoms. The van der Waals surface area contributed by atoms with Crippen molar-refractivity contribution < 1.29 is 17.6 Å². The number of halogens is 1. The Morgan fingerprint density at radius 1 is 1.08 bits per heavy atom. The third-order valence-electron chi connectivity index (χ3n) is 3.81. The van der Waals surface area contributed by atoms with E-state index in [0.717, 1.165) is 11.0 Å². The van der Waals surface area contributed by atoms with Crippen molar-refractivity contribution >= 4 is 21.4 Å². The van der Waals surface area contributed by atoms with E-state index < -0.39 is 21.7 Å². The number of anilines is 1. The third-order valence-corrected chi connectivity index (χ3v) is 5.19. The van der Waals surface area contributed by atoms with Gasteiger partial charge in [0.15, 0.2) is 9.84 Å². The van der Waals surface area contributed by atoms with Gasteiger partial charge >= 0.3 is 0 Å². The Morgan fingerprint density at radius 3 is 2.33 bits per heavy atom. The van der Waals surface area contributed by atoms with E-state index in [1.54, 1.807) is 0 Å². The van der Waals surface area contributed by atoms with Gasteiger partial charge in [0, 0.05) is 11.1 Å². The summed E-state index contributed by atoms with van der Waals surface area (Å²) in [7, 11) is -3.31. The second-order valence-electron chi connectivity index (χ2n) is 5.63. The summed E-state index contributed by atoms with van der Waals surface area (Å²) in [4.78, 5) is 14.2. The Hall–Kier alpha value is -2.47. The molecular weight excluding hydrogens is 329 g/mol. The van der Waals surface area contributed by atoms with E-state index in [-0.39, 0.29) is 18.1 Å². The third kappa shape index (κ3) is 3.71. The molecule has 2 aromatic carbocycles. The molecule has 2 aromatic rings. The van der Waals surface area contributed by atoms with E-state index in [9.17, 15) is 17.6 Å². The molecule has 3 rings (SSSR count). The smallest absolute Gasteiger partial charge is 0.231 e. The first kappa shape index (κ1) is 16.4. The van der Waals surface area contributed by atoms with Gasteiger partial charge in [-0.1, -0.05) is 30.3 Å². The number of benzene rings is 2. The first-order chi connectivity index (χ1) is 11.4. The molecule has 6 heteroatoms. The number of hydrogen-bond acceptors (Lipinski definition) is 3. The summed E-state index contributed by atoms with van der Waals surface area (Å²) in [6.07, 6.45) is 1.64. The van der Waals surface area contributed by atoms with Gasteiger partial charge in [-0.3, -0.25) is 4.79 Å². The van der Waals surface area contributed by atoms with Crippen LogP contribution in [0.5, 0.6) is 0 Å². The van der Waals surface area contributed by atoms with Gasteiger partial charge in [-0.15, -0.1) is 0 Å². The Labute approximate surface area is 140 Å². The quantitative estimate of drug-likeness (QED) is 0.856. The lowest BCUT2D eigenvalue weighted by Gasteiger charge is -2.28. The van der Waals surface area contributed by atoms with E-state index in [0.29, 0.717) is 5.69 Å². The molecule has 0 N–H and O–H groups in total. The summed E-state index contributed by atoms with van der Waals surface area (Å²) >= 11 is 0. The number of carbonyl (C=O) groups is 1. The van der Waals surface area contributed by atoms with Gasteiger partial charge in [0.1, 0.15) is 5.82 Å². The Morgan fingerprint density at radius 2 is 1.75 bits per heavy atom. The monoisotopic (exact) mass is 345 g/mol. The minimum absolute atomic E-state index is 0.141. The maximum Gasteiger partial charge on any atom is 0.231 e. The van der Waals surface area contributed by atoms with Crippen molar-refractivity contribution in [3.63, 3.8) is 0 Å². The summed E-state index contributed by atoms with van der Waals surface area (Å²) in [5.41, 5.74) is 1.31. The molecule has 0 aromatic heterocycles. The normalized spacial score (nSPS) is 18.5. The van der Waals surface area contributed by atoms with Crippen LogP contribution in [0, 0.1) is 5.82 Å². The van der Waals surface area contributed by atoms with Gasteiger partial charge in [-0.05, 0) is 35.9 Å². The molecule has 124 valence electrons. The molecule has 24 heavy (non-hydrogen) atoms. The second kappa shape index (κ2) is 6.57. The van der Waals surface area contributed by atoms with Crippen LogP contribution in [0.3, 0.4) is 0 Å². The van der Waals surface area contributed by atoms with Crippen molar-refractivity contribution in [3.8, 4) is 0 Å². The van der Waals surface area contributed by atoms with Crippen LogP contribution in [-0.2, 0) is 21.1 Å². The molecule has 0 saturated carbocycles. The molecule has 0 fully saturated rings. The maximum absolute atomic E-state index is 13.2. The van der Waals surface area contributed by atoms with Gasteiger partial charge in [0.2, 0.25) is 5.91 Å². The van der Waals surface area contributed by atoms with Crippen LogP contribution >= 0.6 is 0 Å². The van der Waals surface area contributed by atoms with Crippen LogP contribution in [-0.4, -0.2) is 26.1 Å². The lowest BCUT2D eigenvalue weighted by molar-refractivity contribution is -0.118. The topological polar surface area (TPSA) is 54.5 Å². The highest BCUT2D eigenvalue weighted by atomic mass is 32.2. The molecule has 0 unspecified atom stereocenters. The number of rotatable bonds is 4. The highest BCUT2D eigenvalue weighted by Gasteiger charge is 2.31. The van der Waals surface area contributed by atoms with Crippen LogP contribution in [0.1, 0.15) is 5.56 Å². The van der Waals surface area contributed by atoms with Crippen LogP contribution in [0.25, 0.3) is 0 Å². The number of hydrogen-bond donors (Lipinski definition) is 0. The van der Waals surface area contributed by atoms with Gasteiger partial charge in [-0.2, -0.15) is 0 Å². The molecule has 1 aliphatic rings. The first-order valence-electron chi connectivity index (χ1n) is 7.47. The van der Waals surface area contributed by atoms with Crippen molar-refractivity contribution in [3.05, 3.63) is 77.5 Å². The molecule has 1 atom stereocenters. The first-order valence-corrected chi connectivity index (χ1v) is 9.19. The zero-order valence-corrected chi connectivity index (χ0v) is 13.6. The second-order valence-corrected chi connectivity index (χ2v) is 7.56. The van der Waals surface area contributed by atoms with E-state index in [1.165, 1.54) is 35.2 Å². The minimum atomic E-state index is -3.31. The van der Waals surface area contributed by atoms with Gasteiger partial charge < -0.3 is 4.90 Å². The van der Waals surface area contributed by atoms with Crippen molar-refractivity contribution in [2.45, 2.75) is 12.5 Å². The fourth-order valence-electron chi connectivity index (χ4n) is 2.70. The van der Waals surface area contributed by atoms with Crippen molar-refractivity contribution in [1.29, 1.82) is 0 Å². The number of amides is 1. The van der Waals surface area contributed by atoms with Crippen LogP contribution < -0.4 is 4.90 Å². The number of nitrogens with zero attached hydrogens (tertiary/aromatic N) is 1. The van der Waals surface area contributed by atoms with Crippen LogP contribution in [0.15, 0.2) is 66.1 Å². The summed E-state index contributed by atoms with van der Waals surface area (Å²) < 4.78 is 36.6. The predicted octanol–water partition coefficient (Wildman–Crippen LogP) is 2.71. The zero-order valence-electron chi connectivity index (χ0n) is 12.8. The van der Waals surface area contributed by atoms with E-state index in [4.69, 9.17) is 0 Å². The standard InChI is InChI=1S/C18H16FNO3S/c19-15-6-8-16(9-7-15)20(17-10-11-24(22,23)13-17)18(21)12-14-4-2-1-3-5-14/h1-11,17H,12-13H2/t17-/m1/s1. The summed E-state index contributed by atoms with van der Waals surface area (Å²) in [5, 5.41) is 1.13. The van der Waals surface area contributed by atoms with Crippen molar-refractivity contribution in [2.24, 2.45) is 0 Å². The van der Waals surface area contributed by atoms with E-state index >= 15 is 0 Å². The highest BCUT2D eigenvalue weighted by molar-refractivity contribution is 7.94. The number of carbonyl (C=O) groups excluding carboxylic acids is 1. The molecule has 4 nitrogen and oxygen atoms in total. The van der Waals surface area contributed by atoms with Crippen LogP contribution in [0.2, 0.25) is 0 Å². The van der Waals surface area contributed by atoms with E-state index in [2.05, 4.69) is 0 Å². The van der Waals surface area contributed by atoms with Gasteiger partial charge in [-0.25, -0.2) is 12.8 Å². The Bertz CT molecular complexity index is 861. The fraction of sp³-hybridized carbons (Fsp3) is 0.167. The average molecular weight is 345 g/mol. The maximum atomic E-state index is 13.2. The van der Waals surface area contributed by atoms with Gasteiger partial charge in [0.25, 0.3) is 0 Å². The molecule has 1 aliphatic heterocycles. The predicted molar refractivity (Wildman–Crippen MR) is 90.7 cm³/mol. The number of sulfone groups is 1. The molecule has 1 amide bonds. The Balaban J connectivity index is 1.91.